The molecule has 2 unspecified atom stereocenters. The van der Waals surface area contributed by atoms with Crippen LogP contribution < -0.4 is 0 Å². The van der Waals surface area contributed by atoms with Gasteiger partial charge < -0.3 is 4.79 Å². The molecule has 0 saturated heterocycles. The maximum atomic E-state index is 13.6. The van der Waals surface area contributed by atoms with Crippen molar-refractivity contribution < 1.29 is 9.18 Å². The molecule has 0 aliphatic carbocycles. The normalized spacial score (nSPS) is 18.7. The van der Waals surface area contributed by atoms with Crippen molar-refractivity contribution in [1.29, 1.82) is 0 Å². The van der Waals surface area contributed by atoms with Crippen LogP contribution >= 0.6 is 23.2 Å². The van der Waals surface area contributed by atoms with E-state index in [9.17, 15) is 9.18 Å². The van der Waals surface area contributed by atoms with Crippen molar-refractivity contribution in [3.05, 3.63) is 69.0 Å². The molecule has 2 aromatic rings. The van der Waals surface area contributed by atoms with Crippen LogP contribution in [0.2, 0.25) is 10.0 Å². The second-order valence-corrected chi connectivity index (χ2v) is 6.74. The Morgan fingerprint density at radius 1 is 1.30 bits per heavy atom. The second-order valence-electron chi connectivity index (χ2n) is 5.89. The van der Waals surface area contributed by atoms with Gasteiger partial charge in [0, 0.05) is 22.6 Å². The summed E-state index contributed by atoms with van der Waals surface area (Å²) >= 11 is 12.1. The molecular weight excluding hydrogens is 336 g/mol. The van der Waals surface area contributed by atoms with Gasteiger partial charge in [0.05, 0.1) is 6.04 Å². The SMILES string of the molecule is CC(Cc1ccc(Cl)cc1)N1Cc2cc(F)cc(Cl)c2C1C=O. The lowest BCUT2D eigenvalue weighted by Crippen LogP contribution is -2.34. The van der Waals surface area contributed by atoms with Gasteiger partial charge in [-0.3, -0.25) is 4.90 Å². The zero-order chi connectivity index (χ0) is 16.6. The van der Waals surface area contributed by atoms with E-state index in [1.165, 1.54) is 12.1 Å². The zero-order valence-electron chi connectivity index (χ0n) is 12.6. The Labute approximate surface area is 144 Å². The quantitative estimate of drug-likeness (QED) is 0.736. The Bertz CT molecular complexity index is 733. The van der Waals surface area contributed by atoms with Crippen LogP contribution in [-0.4, -0.2) is 17.2 Å². The van der Waals surface area contributed by atoms with E-state index in [1.807, 2.05) is 24.3 Å². The zero-order valence-corrected chi connectivity index (χ0v) is 14.1. The molecule has 3 rings (SSSR count). The van der Waals surface area contributed by atoms with Gasteiger partial charge in [0.15, 0.2) is 0 Å². The third-order valence-corrected chi connectivity index (χ3v) is 4.89. The van der Waals surface area contributed by atoms with Crippen LogP contribution in [0.3, 0.4) is 0 Å². The number of benzene rings is 2. The van der Waals surface area contributed by atoms with Gasteiger partial charge in [0.25, 0.3) is 0 Å². The molecule has 2 atom stereocenters. The molecule has 0 bridgehead atoms. The first-order chi connectivity index (χ1) is 11.0. The Kier molecular flexibility index (Phi) is 4.72. The lowest BCUT2D eigenvalue weighted by atomic mass is 10.0. The molecule has 2 aromatic carbocycles. The first-order valence-corrected chi connectivity index (χ1v) is 8.18. The van der Waals surface area contributed by atoms with Gasteiger partial charge in [-0.2, -0.15) is 0 Å². The van der Waals surface area contributed by atoms with E-state index in [0.717, 1.165) is 29.4 Å². The molecule has 120 valence electrons. The molecule has 23 heavy (non-hydrogen) atoms. The average molecular weight is 352 g/mol. The van der Waals surface area contributed by atoms with Crippen LogP contribution in [0.25, 0.3) is 0 Å². The predicted octanol–water partition coefficient (Wildman–Crippen LogP) is 4.82. The first-order valence-electron chi connectivity index (χ1n) is 7.43. The fourth-order valence-electron chi connectivity index (χ4n) is 3.22. The van der Waals surface area contributed by atoms with Crippen molar-refractivity contribution in [3.63, 3.8) is 0 Å². The molecular formula is C18H16Cl2FNO. The number of halogens is 3. The molecule has 1 aliphatic heterocycles. The van der Waals surface area contributed by atoms with Gasteiger partial charge in [-0.15, -0.1) is 0 Å². The maximum absolute atomic E-state index is 13.6. The smallest absolute Gasteiger partial charge is 0.141 e. The van der Waals surface area contributed by atoms with Crippen LogP contribution in [0.4, 0.5) is 4.39 Å². The van der Waals surface area contributed by atoms with E-state index >= 15 is 0 Å². The molecule has 2 nitrogen and oxygen atoms in total. The van der Waals surface area contributed by atoms with E-state index in [-0.39, 0.29) is 11.9 Å². The van der Waals surface area contributed by atoms with Crippen molar-refractivity contribution in [1.82, 2.24) is 4.90 Å². The fraction of sp³-hybridized carbons (Fsp3) is 0.278. The maximum Gasteiger partial charge on any atom is 0.141 e. The van der Waals surface area contributed by atoms with E-state index < -0.39 is 6.04 Å². The molecule has 0 spiro atoms. The Hall–Kier alpha value is -1.42. The monoisotopic (exact) mass is 351 g/mol. The van der Waals surface area contributed by atoms with Crippen LogP contribution in [0.1, 0.15) is 29.7 Å². The summed E-state index contributed by atoms with van der Waals surface area (Å²) in [6.07, 6.45) is 1.66. The Morgan fingerprint density at radius 2 is 2.00 bits per heavy atom. The van der Waals surface area contributed by atoms with Crippen LogP contribution in [-0.2, 0) is 17.8 Å². The largest absolute Gasteiger partial charge is 0.301 e. The molecule has 0 fully saturated rings. The van der Waals surface area contributed by atoms with Crippen molar-refractivity contribution >= 4 is 29.5 Å². The molecule has 0 saturated carbocycles. The van der Waals surface area contributed by atoms with Gasteiger partial charge in [0.2, 0.25) is 0 Å². The highest BCUT2D eigenvalue weighted by molar-refractivity contribution is 6.31. The molecule has 5 heteroatoms. The number of fused-ring (bicyclic) bond motifs is 1. The van der Waals surface area contributed by atoms with Gasteiger partial charge in [-0.25, -0.2) is 4.39 Å². The summed E-state index contributed by atoms with van der Waals surface area (Å²) in [4.78, 5) is 13.7. The molecule has 0 radical (unpaired) electrons. The number of hydrogen-bond donors (Lipinski definition) is 0. The summed E-state index contributed by atoms with van der Waals surface area (Å²) in [6, 6.07) is 10.1. The van der Waals surface area contributed by atoms with Crippen LogP contribution in [0.15, 0.2) is 36.4 Å². The van der Waals surface area contributed by atoms with Crippen LogP contribution in [0, 0.1) is 5.82 Å². The standard InChI is InChI=1S/C18H16Cl2FNO/c1-11(6-12-2-4-14(19)5-3-12)22-9-13-7-15(21)8-16(20)18(13)17(22)10-23/h2-5,7-8,10-11,17H,6,9H2,1H3. The van der Waals surface area contributed by atoms with Gasteiger partial charge in [-0.1, -0.05) is 35.3 Å². The van der Waals surface area contributed by atoms with Crippen molar-refractivity contribution in [2.45, 2.75) is 32.0 Å². The first kappa shape index (κ1) is 16.4. The highest BCUT2D eigenvalue weighted by Gasteiger charge is 2.35. The van der Waals surface area contributed by atoms with E-state index in [0.29, 0.717) is 16.6 Å². The number of hydrogen-bond acceptors (Lipinski definition) is 2. The minimum atomic E-state index is -0.430. The molecule has 1 aliphatic rings. The van der Waals surface area contributed by atoms with Crippen molar-refractivity contribution in [2.24, 2.45) is 0 Å². The predicted molar refractivity (Wildman–Crippen MR) is 90.4 cm³/mol. The summed E-state index contributed by atoms with van der Waals surface area (Å²) < 4.78 is 13.6. The van der Waals surface area contributed by atoms with Crippen molar-refractivity contribution in [3.8, 4) is 0 Å². The average Bonchev–Trinajstić information content (AvgIpc) is 2.88. The second kappa shape index (κ2) is 6.60. The topological polar surface area (TPSA) is 20.3 Å². The molecule has 0 aromatic heterocycles. The van der Waals surface area contributed by atoms with Gasteiger partial charge >= 0.3 is 0 Å². The number of carbonyl (C=O) groups excluding carboxylic acids is 1. The fourth-order valence-corrected chi connectivity index (χ4v) is 3.68. The highest BCUT2D eigenvalue weighted by atomic mass is 35.5. The lowest BCUT2D eigenvalue weighted by Gasteiger charge is -2.28. The van der Waals surface area contributed by atoms with E-state index in [1.54, 1.807) is 0 Å². The summed E-state index contributed by atoms with van der Waals surface area (Å²) in [5.41, 5.74) is 2.65. The summed E-state index contributed by atoms with van der Waals surface area (Å²) in [6.45, 7) is 2.58. The Balaban J connectivity index is 1.84. The Morgan fingerprint density at radius 3 is 2.65 bits per heavy atom. The minimum absolute atomic E-state index is 0.109. The minimum Gasteiger partial charge on any atom is -0.301 e. The third kappa shape index (κ3) is 3.27. The summed E-state index contributed by atoms with van der Waals surface area (Å²) in [5, 5.41) is 1.02. The molecule has 0 N–H and O–H groups in total. The van der Waals surface area contributed by atoms with E-state index in [4.69, 9.17) is 23.2 Å². The summed E-state index contributed by atoms with van der Waals surface area (Å²) in [7, 11) is 0. The van der Waals surface area contributed by atoms with Gasteiger partial charge in [0.1, 0.15) is 12.1 Å². The summed E-state index contributed by atoms with van der Waals surface area (Å²) in [5.74, 6) is -0.370. The highest BCUT2D eigenvalue weighted by Crippen LogP contribution is 2.39. The third-order valence-electron chi connectivity index (χ3n) is 4.33. The number of carbonyl (C=O) groups is 1. The number of rotatable bonds is 4. The van der Waals surface area contributed by atoms with Crippen LogP contribution in [0.5, 0.6) is 0 Å². The number of nitrogens with zero attached hydrogens (tertiary/aromatic N) is 1. The lowest BCUT2D eigenvalue weighted by molar-refractivity contribution is -0.113. The number of aldehydes is 1. The van der Waals surface area contributed by atoms with Crippen molar-refractivity contribution in [2.75, 3.05) is 0 Å². The molecule has 0 amide bonds. The molecule has 1 heterocycles. The van der Waals surface area contributed by atoms with E-state index in [2.05, 4.69) is 11.8 Å². The van der Waals surface area contributed by atoms with Gasteiger partial charge in [-0.05, 0) is 54.3 Å².